The summed E-state index contributed by atoms with van der Waals surface area (Å²) in [4.78, 5) is 46.2. The number of pyridine rings is 2. The Labute approximate surface area is 222 Å². The van der Waals surface area contributed by atoms with Crippen molar-refractivity contribution in [1.29, 1.82) is 0 Å². The number of aromatic nitrogens is 6. The number of fused-ring (bicyclic) bond motifs is 1. The average Bonchev–Trinajstić information content (AvgIpc) is 3.61. The molecule has 1 amide bonds. The zero-order valence-corrected chi connectivity index (χ0v) is 23.1. The SMILES string of the molecule is CC.CC.COc1cnc(-n2cnc(C)n2)c2[nH]cc(C(=O)C(=O)N3CCN(c4ncccc4C)CC3)c12. The number of aromatic amines is 1. The van der Waals surface area contributed by atoms with E-state index in [0.29, 0.717) is 54.5 Å². The van der Waals surface area contributed by atoms with Gasteiger partial charge in [0, 0.05) is 38.6 Å². The van der Waals surface area contributed by atoms with Gasteiger partial charge in [0.05, 0.1) is 29.8 Å². The molecule has 4 aromatic heterocycles. The molecule has 38 heavy (non-hydrogen) atoms. The number of anilines is 1. The zero-order valence-electron chi connectivity index (χ0n) is 23.1. The van der Waals surface area contributed by atoms with Crippen LogP contribution < -0.4 is 9.64 Å². The summed E-state index contributed by atoms with van der Waals surface area (Å²) in [5, 5.41) is 4.79. The van der Waals surface area contributed by atoms with E-state index >= 15 is 0 Å². The molecule has 4 aromatic rings. The highest BCUT2D eigenvalue weighted by molar-refractivity contribution is 6.45. The van der Waals surface area contributed by atoms with Gasteiger partial charge in [-0.05, 0) is 25.5 Å². The molecule has 202 valence electrons. The second-order valence-corrected chi connectivity index (χ2v) is 8.09. The molecule has 5 heterocycles. The van der Waals surface area contributed by atoms with Gasteiger partial charge in [-0.2, -0.15) is 5.10 Å². The first-order valence-electron chi connectivity index (χ1n) is 12.9. The number of hydrogen-bond donors (Lipinski definition) is 1. The van der Waals surface area contributed by atoms with E-state index in [4.69, 9.17) is 4.74 Å². The summed E-state index contributed by atoms with van der Waals surface area (Å²) >= 11 is 0. The summed E-state index contributed by atoms with van der Waals surface area (Å²) in [5.74, 6) is 1.20. The number of nitrogens with one attached hydrogen (secondary N) is 1. The Kier molecular flexibility index (Phi) is 9.53. The van der Waals surface area contributed by atoms with Gasteiger partial charge in [0.15, 0.2) is 5.82 Å². The third-order valence-corrected chi connectivity index (χ3v) is 5.98. The van der Waals surface area contributed by atoms with Crippen LogP contribution >= 0.6 is 0 Å². The van der Waals surface area contributed by atoms with Gasteiger partial charge in [-0.1, -0.05) is 33.8 Å². The maximum absolute atomic E-state index is 13.3. The number of piperazine rings is 1. The van der Waals surface area contributed by atoms with E-state index in [1.54, 1.807) is 24.3 Å². The van der Waals surface area contributed by atoms with E-state index in [2.05, 4.69) is 29.9 Å². The number of carbonyl (C=O) groups excluding carboxylic acids is 2. The number of hydrogen-bond acceptors (Lipinski definition) is 8. The minimum Gasteiger partial charge on any atom is -0.494 e. The van der Waals surface area contributed by atoms with Crippen LogP contribution in [0.4, 0.5) is 5.82 Å². The summed E-state index contributed by atoms with van der Waals surface area (Å²) in [6.45, 7) is 13.9. The zero-order chi connectivity index (χ0) is 27.8. The van der Waals surface area contributed by atoms with E-state index in [1.165, 1.54) is 24.2 Å². The second kappa shape index (κ2) is 12.8. The van der Waals surface area contributed by atoms with Gasteiger partial charge < -0.3 is 19.5 Å². The minimum absolute atomic E-state index is 0.236. The van der Waals surface area contributed by atoms with Gasteiger partial charge in [0.2, 0.25) is 0 Å². The van der Waals surface area contributed by atoms with Crippen LogP contribution in [0.3, 0.4) is 0 Å². The Balaban J connectivity index is 0.000000956. The minimum atomic E-state index is -0.598. The molecule has 0 saturated carbocycles. The molecule has 0 bridgehead atoms. The molecule has 11 heteroatoms. The summed E-state index contributed by atoms with van der Waals surface area (Å²) in [6, 6.07) is 3.91. The maximum atomic E-state index is 13.3. The third kappa shape index (κ3) is 5.51. The number of amides is 1. The van der Waals surface area contributed by atoms with Crippen molar-refractivity contribution in [3.05, 3.63) is 54.0 Å². The van der Waals surface area contributed by atoms with Crippen molar-refractivity contribution >= 4 is 28.4 Å². The fourth-order valence-electron chi connectivity index (χ4n) is 4.25. The van der Waals surface area contributed by atoms with Crippen molar-refractivity contribution in [1.82, 2.24) is 34.6 Å². The van der Waals surface area contributed by atoms with E-state index in [1.807, 2.05) is 46.8 Å². The van der Waals surface area contributed by atoms with Crippen molar-refractivity contribution in [2.75, 3.05) is 38.2 Å². The Morgan fingerprint density at radius 3 is 2.29 bits per heavy atom. The molecule has 0 atom stereocenters. The first-order chi connectivity index (χ1) is 18.5. The number of ketones is 1. The molecule has 0 aliphatic carbocycles. The Bertz CT molecular complexity index is 1390. The van der Waals surface area contributed by atoms with Gasteiger partial charge in [0.25, 0.3) is 11.7 Å². The summed E-state index contributed by atoms with van der Waals surface area (Å²) in [6.07, 6.45) is 6.34. The predicted octanol–water partition coefficient (Wildman–Crippen LogP) is 3.75. The first-order valence-corrected chi connectivity index (χ1v) is 12.9. The van der Waals surface area contributed by atoms with Gasteiger partial charge in [-0.3, -0.25) is 9.59 Å². The number of methoxy groups -OCH3 is 1. The van der Waals surface area contributed by atoms with Crippen molar-refractivity contribution < 1.29 is 14.3 Å². The summed E-state index contributed by atoms with van der Waals surface area (Å²) in [7, 11) is 1.50. The lowest BCUT2D eigenvalue weighted by Crippen LogP contribution is -2.51. The second-order valence-electron chi connectivity index (χ2n) is 8.09. The summed E-state index contributed by atoms with van der Waals surface area (Å²) in [5.41, 5.74) is 1.85. The smallest absolute Gasteiger partial charge is 0.295 e. The molecule has 0 aromatic carbocycles. The van der Waals surface area contributed by atoms with Gasteiger partial charge in [-0.25, -0.2) is 19.6 Å². The lowest BCUT2D eigenvalue weighted by Gasteiger charge is -2.35. The van der Waals surface area contributed by atoms with E-state index in [0.717, 1.165) is 11.4 Å². The number of rotatable bonds is 5. The normalized spacial score (nSPS) is 12.8. The highest BCUT2D eigenvalue weighted by Gasteiger charge is 2.30. The van der Waals surface area contributed by atoms with Crippen LogP contribution in [0.15, 0.2) is 37.1 Å². The monoisotopic (exact) mass is 520 g/mol. The van der Waals surface area contributed by atoms with Crippen molar-refractivity contribution in [2.24, 2.45) is 0 Å². The van der Waals surface area contributed by atoms with Crippen LogP contribution in [-0.4, -0.2) is 79.6 Å². The molecule has 5 rings (SSSR count). The third-order valence-electron chi connectivity index (χ3n) is 5.98. The highest BCUT2D eigenvalue weighted by Crippen LogP contribution is 2.32. The molecule has 0 radical (unpaired) electrons. The molecule has 0 unspecified atom stereocenters. The van der Waals surface area contributed by atoms with Gasteiger partial charge in [0.1, 0.15) is 23.7 Å². The summed E-state index contributed by atoms with van der Waals surface area (Å²) < 4.78 is 6.97. The Morgan fingerprint density at radius 2 is 1.68 bits per heavy atom. The number of carbonyl (C=O) groups is 2. The van der Waals surface area contributed by atoms with Gasteiger partial charge in [-0.15, -0.1) is 0 Å². The standard InChI is InChI=1S/C23H24N8O3.2C2H6/c1-14-5-4-6-24-21(14)29-7-9-30(10-8-29)23(33)20(32)16-11-25-19-18(16)17(34-3)12-26-22(19)31-13-27-15(2)28-31;2*1-2/h4-6,11-13,25H,7-10H2,1-3H3;2*1-2H3. The number of ether oxygens (including phenoxy) is 1. The van der Waals surface area contributed by atoms with Crippen LogP contribution in [0, 0.1) is 13.8 Å². The lowest BCUT2D eigenvalue weighted by molar-refractivity contribution is -0.126. The predicted molar refractivity (Wildman–Crippen MR) is 147 cm³/mol. The van der Waals surface area contributed by atoms with Crippen LogP contribution in [0.2, 0.25) is 0 Å². The van der Waals surface area contributed by atoms with Crippen LogP contribution in [0.25, 0.3) is 16.7 Å². The largest absolute Gasteiger partial charge is 0.494 e. The number of nitrogens with zero attached hydrogens (tertiary/aromatic N) is 7. The number of aryl methyl sites for hydroxylation is 2. The van der Waals surface area contributed by atoms with E-state index in [-0.39, 0.29) is 5.56 Å². The lowest BCUT2D eigenvalue weighted by atomic mass is 10.1. The Hall–Kier alpha value is -4.28. The van der Waals surface area contributed by atoms with Crippen molar-refractivity contribution in [2.45, 2.75) is 41.5 Å². The Morgan fingerprint density at radius 1 is 0.974 bits per heavy atom. The number of H-pyrrole nitrogens is 1. The molecular formula is C27H36N8O3. The molecule has 1 aliphatic heterocycles. The van der Waals surface area contributed by atoms with Crippen LogP contribution in [0.1, 0.15) is 49.4 Å². The average molecular weight is 521 g/mol. The van der Waals surface area contributed by atoms with Gasteiger partial charge >= 0.3 is 0 Å². The fourth-order valence-corrected chi connectivity index (χ4v) is 4.25. The number of Topliss-reactive ketones (excluding diaryl/α,β-unsaturated/α-hetero) is 1. The highest BCUT2D eigenvalue weighted by atomic mass is 16.5. The molecule has 0 spiro atoms. The fraction of sp³-hybridized carbons (Fsp3) is 0.407. The van der Waals surface area contributed by atoms with Crippen molar-refractivity contribution in [3.63, 3.8) is 0 Å². The van der Waals surface area contributed by atoms with E-state index < -0.39 is 11.7 Å². The molecule has 11 nitrogen and oxygen atoms in total. The van der Waals surface area contributed by atoms with Crippen molar-refractivity contribution in [3.8, 4) is 11.6 Å². The molecule has 1 saturated heterocycles. The topological polar surface area (TPSA) is 122 Å². The molecule has 1 aliphatic rings. The van der Waals surface area contributed by atoms with Crippen LogP contribution in [0.5, 0.6) is 5.75 Å². The maximum Gasteiger partial charge on any atom is 0.295 e. The first kappa shape index (κ1) is 28.3. The van der Waals surface area contributed by atoms with Crippen LogP contribution in [-0.2, 0) is 4.79 Å². The molecule has 1 N–H and O–H groups in total. The molecule has 1 fully saturated rings. The molecular weight excluding hydrogens is 484 g/mol. The van der Waals surface area contributed by atoms with E-state index in [9.17, 15) is 9.59 Å². The quantitative estimate of drug-likeness (QED) is 0.312.